The van der Waals surface area contributed by atoms with Crippen molar-refractivity contribution in [3.63, 3.8) is 0 Å². The van der Waals surface area contributed by atoms with Crippen molar-refractivity contribution in [2.45, 2.75) is 66.7 Å². The van der Waals surface area contributed by atoms with Gasteiger partial charge in [0, 0.05) is 24.2 Å². The average molecular weight is 262 g/mol. The fourth-order valence-corrected chi connectivity index (χ4v) is 1.77. The van der Waals surface area contributed by atoms with Crippen LogP contribution in [0.1, 0.15) is 60.8 Å². The van der Waals surface area contributed by atoms with Crippen molar-refractivity contribution in [3.8, 4) is 0 Å². The predicted molar refractivity (Wildman–Crippen MR) is 67.7 cm³/mol. The lowest BCUT2D eigenvalue weighted by atomic mass is 9.79. The molecule has 0 amide bonds. The Labute approximate surface area is 108 Å². The van der Waals surface area contributed by atoms with Crippen molar-refractivity contribution in [1.82, 2.24) is 0 Å². The van der Waals surface area contributed by atoms with Gasteiger partial charge in [-0.15, -0.1) is 0 Å². The molecule has 0 bridgehead atoms. The largest absolute Gasteiger partial charge is 0.303 e. The van der Waals surface area contributed by atoms with E-state index in [-0.39, 0.29) is 5.78 Å². The number of hydrogen-bond acceptors (Lipinski definition) is 2. The van der Waals surface area contributed by atoms with Crippen molar-refractivity contribution in [3.05, 3.63) is 0 Å². The van der Waals surface area contributed by atoms with Crippen LogP contribution in [0.2, 0.25) is 0 Å². The van der Waals surface area contributed by atoms with Gasteiger partial charge in [0.25, 0.3) is 0 Å². The van der Waals surface area contributed by atoms with Gasteiger partial charge in [-0.1, -0.05) is 34.6 Å². The highest BCUT2D eigenvalue weighted by atomic mass is 19.3. The Hall–Kier alpha value is -0.800. The number of alkyl halides is 2. The van der Waals surface area contributed by atoms with E-state index < -0.39 is 22.5 Å². The fraction of sp³-hybridized carbons (Fsp3) is 0.857. The molecule has 0 rings (SSSR count). The highest BCUT2D eigenvalue weighted by Gasteiger charge is 2.42. The maximum atomic E-state index is 13.0. The van der Waals surface area contributed by atoms with E-state index in [1.807, 2.05) is 20.8 Å². The second kappa shape index (κ2) is 5.45. The lowest BCUT2D eigenvalue weighted by Gasteiger charge is -2.26. The monoisotopic (exact) mass is 262 g/mol. The summed E-state index contributed by atoms with van der Waals surface area (Å²) >= 11 is 0. The van der Waals surface area contributed by atoms with Crippen LogP contribution in [0.25, 0.3) is 0 Å². The normalized spacial score (nSPS) is 13.6. The molecule has 0 saturated carbocycles. The number of rotatable bonds is 6. The van der Waals surface area contributed by atoms with Gasteiger partial charge in [-0.05, 0) is 12.8 Å². The van der Waals surface area contributed by atoms with E-state index in [2.05, 4.69) is 0 Å². The molecule has 0 N–H and O–H groups in total. The molecule has 4 heteroatoms. The molecule has 0 aliphatic heterocycles. The molecule has 0 aliphatic carbocycles. The van der Waals surface area contributed by atoms with Crippen molar-refractivity contribution >= 4 is 11.6 Å². The minimum absolute atomic E-state index is 0.0917. The molecule has 0 radical (unpaired) electrons. The summed E-state index contributed by atoms with van der Waals surface area (Å²) in [7, 11) is 0. The summed E-state index contributed by atoms with van der Waals surface area (Å²) in [6.07, 6.45) is 1.09. The third-order valence-electron chi connectivity index (χ3n) is 3.06. The van der Waals surface area contributed by atoms with Crippen molar-refractivity contribution in [2.75, 3.05) is 0 Å². The van der Waals surface area contributed by atoms with Gasteiger partial charge in [-0.2, -0.15) is 8.78 Å². The van der Waals surface area contributed by atoms with Crippen LogP contribution in [-0.2, 0) is 9.59 Å². The minimum Gasteiger partial charge on any atom is -0.299 e. The Morgan fingerprint density at radius 1 is 0.944 bits per heavy atom. The van der Waals surface area contributed by atoms with Gasteiger partial charge in [0.1, 0.15) is 5.78 Å². The second-order valence-electron chi connectivity index (χ2n) is 6.63. The quantitative estimate of drug-likeness (QED) is 0.724. The summed E-state index contributed by atoms with van der Waals surface area (Å²) in [4.78, 5) is 23.2. The van der Waals surface area contributed by atoms with E-state index in [1.54, 1.807) is 0 Å². The van der Waals surface area contributed by atoms with Gasteiger partial charge in [0.05, 0.1) is 0 Å². The molecular formula is C14H24F2O2. The topological polar surface area (TPSA) is 34.1 Å². The average Bonchev–Trinajstić information content (AvgIpc) is 2.13. The van der Waals surface area contributed by atoms with E-state index in [1.165, 1.54) is 13.8 Å². The number of Topliss-reactive ketones (excluding diaryl/α,β-unsaturated/α-hetero) is 2. The molecule has 0 heterocycles. The van der Waals surface area contributed by atoms with Crippen LogP contribution >= 0.6 is 0 Å². The number of carbonyl (C=O) groups is 2. The first kappa shape index (κ1) is 17.2. The Morgan fingerprint density at radius 2 is 1.39 bits per heavy atom. The molecule has 0 fully saturated rings. The third kappa shape index (κ3) is 5.23. The summed E-state index contributed by atoms with van der Waals surface area (Å²) in [6.45, 7) is 9.11. The zero-order chi connectivity index (χ0) is 14.8. The molecule has 0 saturated heterocycles. The van der Waals surface area contributed by atoms with Crippen molar-refractivity contribution in [2.24, 2.45) is 10.8 Å². The van der Waals surface area contributed by atoms with E-state index >= 15 is 0 Å². The number of halogens is 2. The molecule has 2 nitrogen and oxygen atoms in total. The summed E-state index contributed by atoms with van der Waals surface area (Å²) in [6, 6.07) is 0. The molecule has 0 aliphatic rings. The third-order valence-corrected chi connectivity index (χ3v) is 3.06. The summed E-state index contributed by atoms with van der Waals surface area (Å²) in [5, 5.41) is 0. The van der Waals surface area contributed by atoms with Gasteiger partial charge < -0.3 is 0 Å². The zero-order valence-electron chi connectivity index (χ0n) is 12.2. The van der Waals surface area contributed by atoms with Gasteiger partial charge in [0.15, 0.2) is 0 Å². The molecule has 106 valence electrons. The molecular weight excluding hydrogens is 238 g/mol. The van der Waals surface area contributed by atoms with Gasteiger partial charge in [-0.25, -0.2) is 0 Å². The van der Waals surface area contributed by atoms with Gasteiger partial charge >= 0.3 is 5.92 Å². The highest BCUT2D eigenvalue weighted by Crippen LogP contribution is 2.32. The van der Waals surface area contributed by atoms with Gasteiger partial charge in [0.2, 0.25) is 5.78 Å². The summed E-state index contributed by atoms with van der Waals surface area (Å²) in [5.74, 6) is -4.27. The van der Waals surface area contributed by atoms with E-state index in [9.17, 15) is 18.4 Å². The van der Waals surface area contributed by atoms with Crippen LogP contribution in [0.15, 0.2) is 0 Å². The number of carbonyl (C=O) groups excluding carboxylic acids is 2. The Kier molecular flexibility index (Phi) is 5.21. The minimum atomic E-state index is -3.31. The van der Waals surface area contributed by atoms with E-state index in [0.717, 1.165) is 0 Å². The van der Waals surface area contributed by atoms with Crippen LogP contribution in [0.4, 0.5) is 8.78 Å². The summed E-state index contributed by atoms with van der Waals surface area (Å²) < 4.78 is 25.9. The molecule has 0 aromatic heterocycles. The molecule has 0 atom stereocenters. The standard InChI is InChI=1S/C14H24F2O2/c1-12(2,3)10(17)8-7-9-13(4,5)11(18)14(6,15)16/h7-9H2,1-6H3. The van der Waals surface area contributed by atoms with Crippen LogP contribution in [0.5, 0.6) is 0 Å². The molecule has 18 heavy (non-hydrogen) atoms. The molecule has 0 aromatic rings. The first-order valence-corrected chi connectivity index (χ1v) is 6.24. The zero-order valence-corrected chi connectivity index (χ0v) is 12.2. The smallest absolute Gasteiger partial charge is 0.299 e. The lowest BCUT2D eigenvalue weighted by Crippen LogP contribution is -2.37. The molecule has 0 aromatic carbocycles. The first-order valence-electron chi connectivity index (χ1n) is 6.24. The highest BCUT2D eigenvalue weighted by molar-refractivity contribution is 5.90. The van der Waals surface area contributed by atoms with Crippen molar-refractivity contribution < 1.29 is 18.4 Å². The van der Waals surface area contributed by atoms with Crippen LogP contribution < -0.4 is 0 Å². The maximum absolute atomic E-state index is 13.0. The first-order chi connectivity index (χ1) is 7.78. The Balaban J connectivity index is 4.39. The lowest BCUT2D eigenvalue weighted by molar-refractivity contribution is -0.150. The summed E-state index contributed by atoms with van der Waals surface area (Å²) in [5.41, 5.74) is -1.50. The second-order valence-corrected chi connectivity index (χ2v) is 6.63. The number of ketones is 2. The van der Waals surface area contributed by atoms with Crippen LogP contribution in [-0.4, -0.2) is 17.5 Å². The fourth-order valence-electron chi connectivity index (χ4n) is 1.77. The van der Waals surface area contributed by atoms with E-state index in [4.69, 9.17) is 0 Å². The van der Waals surface area contributed by atoms with Gasteiger partial charge in [-0.3, -0.25) is 9.59 Å². The Bertz CT molecular complexity index is 320. The maximum Gasteiger partial charge on any atom is 0.303 e. The molecule has 0 unspecified atom stereocenters. The SMILES string of the molecule is CC(C)(C)C(=O)CCCC(C)(C)C(=O)C(C)(F)F. The van der Waals surface area contributed by atoms with Crippen LogP contribution in [0, 0.1) is 10.8 Å². The molecule has 0 spiro atoms. The Morgan fingerprint density at radius 3 is 1.72 bits per heavy atom. The van der Waals surface area contributed by atoms with E-state index in [0.29, 0.717) is 26.2 Å². The van der Waals surface area contributed by atoms with Crippen LogP contribution in [0.3, 0.4) is 0 Å². The predicted octanol–water partition coefficient (Wildman–Crippen LogP) is 4.02. The van der Waals surface area contributed by atoms with Crippen molar-refractivity contribution in [1.29, 1.82) is 0 Å². The number of hydrogen-bond donors (Lipinski definition) is 0.